The van der Waals surface area contributed by atoms with Gasteiger partial charge >= 0.3 is 11.9 Å². The number of allylic oxidation sites excluding steroid dienone is 1. The van der Waals surface area contributed by atoms with E-state index in [9.17, 15) is 19.2 Å². The number of benzene rings is 2. The second kappa shape index (κ2) is 14.1. The first-order chi connectivity index (χ1) is 22.1. The summed E-state index contributed by atoms with van der Waals surface area (Å²) in [4.78, 5) is 63.2. The van der Waals surface area contributed by atoms with Crippen LogP contribution in [-0.4, -0.2) is 73.1 Å². The van der Waals surface area contributed by atoms with E-state index in [1.807, 2.05) is 60.7 Å². The van der Waals surface area contributed by atoms with Crippen LogP contribution in [0.1, 0.15) is 43.8 Å². The second-order valence-corrected chi connectivity index (χ2v) is 12.8. The molecule has 0 aliphatic carbocycles. The fourth-order valence-corrected chi connectivity index (χ4v) is 6.49. The number of fused-ring (bicyclic) bond motifs is 1. The lowest BCUT2D eigenvalue weighted by Gasteiger charge is -2.49. The Morgan fingerprint density at radius 1 is 1.11 bits per heavy atom. The predicted molar refractivity (Wildman–Crippen MR) is 171 cm³/mol. The van der Waals surface area contributed by atoms with E-state index in [-0.39, 0.29) is 17.2 Å². The predicted octanol–water partition coefficient (Wildman–Crippen LogP) is 3.77. The summed E-state index contributed by atoms with van der Waals surface area (Å²) in [6, 6.07) is 17.6. The maximum atomic E-state index is 13.8. The van der Waals surface area contributed by atoms with Crippen molar-refractivity contribution in [1.82, 2.24) is 19.6 Å². The van der Waals surface area contributed by atoms with Crippen molar-refractivity contribution in [3.05, 3.63) is 107 Å². The molecule has 0 radical (unpaired) electrons. The molecule has 14 heteroatoms. The number of oxime groups is 1. The SMILES string of the molecule is C=CC1=C(C(=O)OC(c2ccccc2)c2ccccc2)N2C(=O)C(NC(=O)/C(=N/OCC(=O)OC(C)(C)C)c3ncsn3)C2SC1. The third-order valence-electron chi connectivity index (χ3n) is 6.70. The standard InChI is InChI=1S/C32H31N5O7S2/c1-5-19-17-45-30-24(34-28(39)23(27-33-18-46-36-27)35-42-16-22(38)44-32(2,3)4)29(40)37(30)25(19)31(41)43-26(20-12-8-6-9-13-20)21-14-10-7-11-15-21/h5-15,18,24,26,30H,1,16-17H2,2-4H3,(H,34,39)/b35-23+. The molecular weight excluding hydrogens is 631 g/mol. The van der Waals surface area contributed by atoms with Crippen molar-refractivity contribution in [1.29, 1.82) is 0 Å². The molecule has 12 nitrogen and oxygen atoms in total. The summed E-state index contributed by atoms with van der Waals surface area (Å²) < 4.78 is 15.3. The van der Waals surface area contributed by atoms with Crippen LogP contribution >= 0.6 is 23.3 Å². The molecular formula is C32H31N5O7S2. The molecule has 2 aliphatic rings. The van der Waals surface area contributed by atoms with Crippen molar-refractivity contribution in [2.45, 2.75) is 43.9 Å². The number of rotatable bonds is 11. The van der Waals surface area contributed by atoms with Gasteiger partial charge in [0.1, 0.15) is 28.2 Å². The first kappa shape index (κ1) is 32.6. The van der Waals surface area contributed by atoms with Crippen molar-refractivity contribution in [2.24, 2.45) is 5.16 Å². The first-order valence-corrected chi connectivity index (χ1v) is 16.1. The lowest BCUT2D eigenvalue weighted by molar-refractivity contribution is -0.160. The highest BCUT2D eigenvalue weighted by Gasteiger charge is 2.54. The van der Waals surface area contributed by atoms with Gasteiger partial charge in [-0.3, -0.25) is 14.5 Å². The number of nitrogens with one attached hydrogen (secondary N) is 1. The average Bonchev–Trinajstić information content (AvgIpc) is 3.58. The zero-order valence-corrected chi connectivity index (χ0v) is 26.9. The Hall–Kier alpha value is -4.82. The smallest absolute Gasteiger partial charge is 0.356 e. The molecule has 2 unspecified atom stereocenters. The Morgan fingerprint density at radius 3 is 2.33 bits per heavy atom. The summed E-state index contributed by atoms with van der Waals surface area (Å²) >= 11 is 2.34. The molecule has 5 rings (SSSR count). The number of thioether (sulfide) groups is 1. The molecule has 3 aromatic rings. The van der Waals surface area contributed by atoms with E-state index in [2.05, 4.69) is 26.4 Å². The van der Waals surface area contributed by atoms with E-state index in [0.717, 1.165) is 22.7 Å². The summed E-state index contributed by atoms with van der Waals surface area (Å²) in [6.07, 6.45) is 0.804. The summed E-state index contributed by atoms with van der Waals surface area (Å²) in [5, 5.41) is 5.84. The number of hydrogen-bond acceptors (Lipinski definition) is 12. The van der Waals surface area contributed by atoms with Crippen LogP contribution in [0.3, 0.4) is 0 Å². The average molecular weight is 662 g/mol. The highest BCUT2D eigenvalue weighted by molar-refractivity contribution is 8.00. The molecule has 1 N–H and O–H groups in total. The van der Waals surface area contributed by atoms with Crippen molar-refractivity contribution in [3.8, 4) is 0 Å². The van der Waals surface area contributed by atoms with Crippen LogP contribution in [0.5, 0.6) is 0 Å². The highest BCUT2D eigenvalue weighted by Crippen LogP contribution is 2.42. The Bertz CT molecular complexity index is 1630. The van der Waals surface area contributed by atoms with Crippen LogP contribution in [0.25, 0.3) is 0 Å². The number of hydrogen-bond donors (Lipinski definition) is 1. The Balaban J connectivity index is 1.32. The zero-order chi connectivity index (χ0) is 32.8. The van der Waals surface area contributed by atoms with Gasteiger partial charge in [0.2, 0.25) is 18.1 Å². The van der Waals surface area contributed by atoms with Gasteiger partial charge in [-0.05, 0) is 49.0 Å². The van der Waals surface area contributed by atoms with Crippen LogP contribution in [-0.2, 0) is 33.5 Å². The maximum Gasteiger partial charge on any atom is 0.356 e. The van der Waals surface area contributed by atoms with Crippen LogP contribution in [0.15, 0.2) is 95.3 Å². The molecule has 1 saturated heterocycles. The van der Waals surface area contributed by atoms with Gasteiger partial charge in [-0.1, -0.05) is 78.5 Å². The van der Waals surface area contributed by atoms with Crippen molar-refractivity contribution < 1.29 is 33.5 Å². The molecule has 2 amide bonds. The van der Waals surface area contributed by atoms with Gasteiger partial charge in [0.15, 0.2) is 6.10 Å². The topological polar surface area (TPSA) is 149 Å². The fraction of sp³-hybridized carbons (Fsp3) is 0.281. The minimum Gasteiger partial charge on any atom is -0.457 e. The number of aromatic nitrogens is 2. The lowest BCUT2D eigenvalue weighted by atomic mass is 10.0. The highest BCUT2D eigenvalue weighted by atomic mass is 32.2. The van der Waals surface area contributed by atoms with Gasteiger partial charge in [-0.2, -0.15) is 4.37 Å². The van der Waals surface area contributed by atoms with E-state index in [0.29, 0.717) is 11.3 Å². The minimum atomic E-state index is -1.000. The number of amides is 2. The van der Waals surface area contributed by atoms with E-state index in [1.54, 1.807) is 20.8 Å². The number of nitrogens with zero attached hydrogens (tertiary/aromatic N) is 4. The summed E-state index contributed by atoms with van der Waals surface area (Å²) in [5.74, 6) is -2.39. The van der Waals surface area contributed by atoms with Crippen LogP contribution in [0.2, 0.25) is 0 Å². The third-order valence-corrected chi connectivity index (χ3v) is 8.48. The Labute approximate surface area is 273 Å². The number of carbonyl (C=O) groups excluding carboxylic acids is 4. The molecule has 2 aromatic carbocycles. The largest absolute Gasteiger partial charge is 0.457 e. The summed E-state index contributed by atoms with van der Waals surface area (Å²) in [7, 11) is 0. The molecule has 0 spiro atoms. The molecule has 2 atom stereocenters. The first-order valence-electron chi connectivity index (χ1n) is 14.2. The molecule has 0 saturated carbocycles. The Morgan fingerprint density at radius 2 is 1.76 bits per heavy atom. The van der Waals surface area contributed by atoms with Gasteiger partial charge in [0, 0.05) is 5.75 Å². The van der Waals surface area contributed by atoms with E-state index in [4.69, 9.17) is 14.3 Å². The van der Waals surface area contributed by atoms with Gasteiger partial charge in [0.05, 0.1) is 0 Å². The number of esters is 2. The lowest BCUT2D eigenvalue weighted by Crippen LogP contribution is -2.71. The van der Waals surface area contributed by atoms with Gasteiger partial charge in [0.25, 0.3) is 11.8 Å². The molecule has 2 aliphatic heterocycles. The molecule has 1 fully saturated rings. The number of carbonyl (C=O) groups is 4. The fourth-order valence-electron chi connectivity index (χ4n) is 4.72. The van der Waals surface area contributed by atoms with Gasteiger partial charge < -0.3 is 19.6 Å². The molecule has 0 bridgehead atoms. The Kier molecular flexibility index (Phi) is 9.97. The van der Waals surface area contributed by atoms with Crippen LogP contribution < -0.4 is 5.32 Å². The van der Waals surface area contributed by atoms with Crippen molar-refractivity contribution in [3.63, 3.8) is 0 Å². The van der Waals surface area contributed by atoms with E-state index < -0.39 is 53.5 Å². The van der Waals surface area contributed by atoms with Crippen molar-refractivity contribution in [2.75, 3.05) is 12.4 Å². The monoisotopic (exact) mass is 661 g/mol. The number of ether oxygens (including phenoxy) is 2. The van der Waals surface area contributed by atoms with Crippen LogP contribution in [0.4, 0.5) is 0 Å². The van der Waals surface area contributed by atoms with Crippen LogP contribution in [0, 0.1) is 0 Å². The van der Waals surface area contributed by atoms with E-state index in [1.165, 1.54) is 28.2 Å². The normalized spacial score (nSPS) is 18.0. The summed E-state index contributed by atoms with van der Waals surface area (Å²) in [6.45, 7) is 8.40. The molecule has 1 aromatic heterocycles. The third kappa shape index (κ3) is 7.35. The summed E-state index contributed by atoms with van der Waals surface area (Å²) in [5.41, 5.74) is 2.48. The minimum absolute atomic E-state index is 0.0439. The maximum absolute atomic E-state index is 13.8. The second-order valence-electron chi connectivity index (χ2n) is 11.1. The zero-order valence-electron chi connectivity index (χ0n) is 25.2. The molecule has 238 valence electrons. The number of β-lactam (4-membered cyclic amide) rings is 1. The van der Waals surface area contributed by atoms with Crippen molar-refractivity contribution >= 4 is 52.8 Å². The molecule has 46 heavy (non-hydrogen) atoms. The quantitative estimate of drug-likeness (QED) is 0.139. The van der Waals surface area contributed by atoms with Gasteiger partial charge in [-0.25, -0.2) is 14.6 Å². The van der Waals surface area contributed by atoms with Gasteiger partial charge in [-0.15, -0.1) is 11.8 Å². The van der Waals surface area contributed by atoms with E-state index >= 15 is 0 Å². The molecule has 3 heterocycles.